The van der Waals surface area contributed by atoms with Gasteiger partial charge < -0.3 is 19.1 Å². The summed E-state index contributed by atoms with van der Waals surface area (Å²) in [5.41, 5.74) is -0.324. The summed E-state index contributed by atoms with van der Waals surface area (Å²) in [6.45, 7) is 1.36. The minimum Gasteiger partial charge on any atom is -0.465 e. The molecule has 0 spiro atoms. The Hall–Kier alpha value is -3.32. The molecule has 2 aromatic carbocycles. The molecule has 1 aliphatic heterocycles. The molecule has 1 saturated heterocycles. The number of carbonyl (C=O) groups is 1. The maximum absolute atomic E-state index is 14.1. The number of hydrogen-bond donors (Lipinski definition) is 3. The lowest BCUT2D eigenvalue weighted by atomic mass is 10.1. The first-order valence-electron chi connectivity index (χ1n) is 13.1. The predicted molar refractivity (Wildman–Crippen MR) is 158 cm³/mol. The molecule has 4 rings (SSSR count). The number of nitrogens with one attached hydrogen (secondary N) is 2. The number of aromatic amines is 1. The van der Waals surface area contributed by atoms with Crippen LogP contribution < -0.4 is 20.9 Å². The molecule has 0 bridgehead atoms. The van der Waals surface area contributed by atoms with E-state index in [0.717, 1.165) is 10.1 Å². The fourth-order valence-corrected chi connectivity index (χ4v) is 6.07. The lowest BCUT2D eigenvalue weighted by molar-refractivity contribution is -0.145. The number of esters is 1. The van der Waals surface area contributed by atoms with Crippen LogP contribution in [0.5, 0.6) is 5.75 Å². The molecule has 5 atom stereocenters. The van der Waals surface area contributed by atoms with Crippen LogP contribution in [0.3, 0.4) is 0 Å². The lowest BCUT2D eigenvalue weighted by Gasteiger charge is -2.26. The standard InChI is InChI=1S/C28H31BrN3O9P/c1-2-38-27(35)22(15-19-9-5-3-6-10-19)31-42(37,41-21-11-7-4-8-12-21)39-18-24-23(33)16-25(40-24)32-17-20(13-14-29)26(34)30-28(32)36/h3-14,17,22-25,33H,2,15-16,18H2,1H3,(H,31,37)(H,30,34,36)/b14-13+/t22-,23-,24+,25+,42?/m0/s1. The fraction of sp³-hybridized carbons (Fsp3) is 0.321. The number of aromatic nitrogens is 2. The Morgan fingerprint density at radius 1 is 1.21 bits per heavy atom. The molecule has 14 heteroatoms. The van der Waals surface area contributed by atoms with Gasteiger partial charge in [-0.25, -0.2) is 9.36 Å². The van der Waals surface area contributed by atoms with Crippen molar-refractivity contribution in [2.45, 2.75) is 44.2 Å². The first kappa shape index (κ1) is 31.6. The maximum atomic E-state index is 14.1. The average molecular weight is 664 g/mol. The van der Waals surface area contributed by atoms with E-state index in [2.05, 4.69) is 26.0 Å². The number of aliphatic hydroxyl groups is 1. The van der Waals surface area contributed by atoms with Crippen LogP contribution in [-0.4, -0.2) is 52.1 Å². The van der Waals surface area contributed by atoms with Crippen LogP contribution in [0, 0.1) is 0 Å². The van der Waals surface area contributed by atoms with Gasteiger partial charge in [-0.05, 0) is 42.1 Å². The third-order valence-electron chi connectivity index (χ3n) is 6.30. The second-order valence-electron chi connectivity index (χ2n) is 9.30. The van der Waals surface area contributed by atoms with E-state index in [0.29, 0.717) is 0 Å². The zero-order valence-corrected chi connectivity index (χ0v) is 25.1. The van der Waals surface area contributed by atoms with Crippen molar-refractivity contribution in [2.24, 2.45) is 0 Å². The summed E-state index contributed by atoms with van der Waals surface area (Å²) in [6.07, 6.45) is -0.164. The number of nitrogens with zero attached hydrogens (tertiary/aromatic N) is 1. The van der Waals surface area contributed by atoms with E-state index in [9.17, 15) is 24.1 Å². The van der Waals surface area contributed by atoms with E-state index >= 15 is 0 Å². The molecule has 3 N–H and O–H groups in total. The van der Waals surface area contributed by atoms with Gasteiger partial charge in [0.05, 0.1) is 24.9 Å². The number of hydrogen-bond acceptors (Lipinski definition) is 9. The SMILES string of the molecule is CCOC(=O)[C@H](Cc1ccccc1)NP(=O)(OC[C@H]1O[C@@H](n2cc(/C=C/Br)c(=O)[nH]c2=O)C[C@@H]1O)Oc1ccccc1. The van der Waals surface area contributed by atoms with Crippen molar-refractivity contribution in [3.8, 4) is 5.75 Å². The molecule has 1 aliphatic rings. The molecule has 0 amide bonds. The van der Waals surface area contributed by atoms with Crippen molar-refractivity contribution in [1.82, 2.24) is 14.6 Å². The number of rotatable bonds is 13. The van der Waals surface area contributed by atoms with Crippen molar-refractivity contribution >= 4 is 35.7 Å². The molecule has 2 heterocycles. The topological polar surface area (TPSA) is 158 Å². The van der Waals surface area contributed by atoms with E-state index in [-0.39, 0.29) is 30.8 Å². The Balaban J connectivity index is 1.54. The summed E-state index contributed by atoms with van der Waals surface area (Å²) in [4.78, 5) is 41.1. The van der Waals surface area contributed by atoms with E-state index in [1.807, 2.05) is 30.3 Å². The minimum atomic E-state index is -4.29. The first-order valence-corrected chi connectivity index (χ1v) is 15.6. The van der Waals surface area contributed by atoms with Crippen LogP contribution in [0.2, 0.25) is 0 Å². The number of H-pyrrole nitrogens is 1. The smallest absolute Gasteiger partial charge is 0.459 e. The Morgan fingerprint density at radius 3 is 2.57 bits per heavy atom. The number of ether oxygens (including phenoxy) is 2. The van der Waals surface area contributed by atoms with Gasteiger partial charge in [0, 0.05) is 12.6 Å². The third-order valence-corrected chi connectivity index (χ3v) is 8.13. The Bertz CT molecular complexity index is 1530. The van der Waals surface area contributed by atoms with E-state index in [1.165, 1.54) is 17.3 Å². The highest BCUT2D eigenvalue weighted by Crippen LogP contribution is 2.46. The van der Waals surface area contributed by atoms with E-state index in [4.69, 9.17) is 18.5 Å². The first-order chi connectivity index (χ1) is 20.2. The van der Waals surface area contributed by atoms with Gasteiger partial charge in [-0.2, -0.15) is 5.09 Å². The van der Waals surface area contributed by atoms with Crippen LogP contribution in [0.25, 0.3) is 6.08 Å². The molecule has 0 radical (unpaired) electrons. The minimum absolute atomic E-state index is 0.00578. The second kappa shape index (κ2) is 14.7. The van der Waals surface area contributed by atoms with Gasteiger partial charge in [-0.15, -0.1) is 0 Å². The zero-order chi connectivity index (χ0) is 30.1. The summed E-state index contributed by atoms with van der Waals surface area (Å²) in [5.74, 6) is -0.432. The molecule has 12 nitrogen and oxygen atoms in total. The van der Waals surface area contributed by atoms with Gasteiger partial charge in [0.15, 0.2) is 0 Å². The number of para-hydroxylation sites is 1. The van der Waals surface area contributed by atoms with E-state index in [1.54, 1.807) is 37.3 Å². The molecule has 1 aromatic heterocycles. The second-order valence-corrected chi connectivity index (χ2v) is 11.5. The summed E-state index contributed by atoms with van der Waals surface area (Å²) in [5, 5.41) is 13.4. The van der Waals surface area contributed by atoms with Crippen LogP contribution in [0.15, 0.2) is 81.4 Å². The van der Waals surface area contributed by atoms with Crippen LogP contribution >= 0.6 is 23.7 Å². The Kier molecular flexibility index (Phi) is 11.1. The molecule has 224 valence electrons. The Morgan fingerprint density at radius 2 is 1.90 bits per heavy atom. The maximum Gasteiger partial charge on any atom is 0.459 e. The Labute approximate surface area is 250 Å². The highest BCUT2D eigenvalue weighted by atomic mass is 79.9. The molecule has 0 aliphatic carbocycles. The highest BCUT2D eigenvalue weighted by molar-refractivity contribution is 9.11. The average Bonchev–Trinajstić information content (AvgIpc) is 3.34. The number of benzene rings is 2. The van der Waals surface area contributed by atoms with Gasteiger partial charge >= 0.3 is 19.4 Å². The van der Waals surface area contributed by atoms with Crippen LogP contribution in [0.1, 0.15) is 30.7 Å². The molecule has 0 saturated carbocycles. The van der Waals surface area contributed by atoms with Gasteiger partial charge in [-0.3, -0.25) is 23.7 Å². The number of aliphatic hydroxyl groups excluding tert-OH is 1. The largest absolute Gasteiger partial charge is 0.465 e. The van der Waals surface area contributed by atoms with Gasteiger partial charge in [0.1, 0.15) is 24.1 Å². The third kappa shape index (κ3) is 8.37. The quantitative estimate of drug-likeness (QED) is 0.182. The molecular weight excluding hydrogens is 633 g/mol. The van der Waals surface area contributed by atoms with Crippen molar-refractivity contribution in [1.29, 1.82) is 0 Å². The molecule has 3 aromatic rings. The van der Waals surface area contributed by atoms with Crippen molar-refractivity contribution in [2.75, 3.05) is 13.2 Å². The normalized spacial score (nSPS) is 20.7. The monoisotopic (exact) mass is 663 g/mol. The van der Waals surface area contributed by atoms with Crippen molar-refractivity contribution in [3.63, 3.8) is 0 Å². The summed E-state index contributed by atoms with van der Waals surface area (Å²) < 4.78 is 37.9. The van der Waals surface area contributed by atoms with Gasteiger partial charge in [0.2, 0.25) is 0 Å². The summed E-state index contributed by atoms with van der Waals surface area (Å²) in [7, 11) is -4.29. The number of carbonyl (C=O) groups excluding carboxylic acids is 1. The molecule has 1 fully saturated rings. The van der Waals surface area contributed by atoms with Gasteiger partial charge in [0.25, 0.3) is 5.56 Å². The van der Waals surface area contributed by atoms with Gasteiger partial charge in [-0.1, -0.05) is 64.5 Å². The summed E-state index contributed by atoms with van der Waals surface area (Å²) in [6, 6.07) is 16.3. The van der Waals surface area contributed by atoms with E-state index < -0.39 is 56.0 Å². The zero-order valence-electron chi connectivity index (χ0n) is 22.6. The lowest BCUT2D eigenvalue weighted by Crippen LogP contribution is -2.40. The molecule has 42 heavy (non-hydrogen) atoms. The van der Waals surface area contributed by atoms with Crippen LogP contribution in [-0.2, 0) is 29.8 Å². The van der Waals surface area contributed by atoms with Crippen molar-refractivity contribution in [3.05, 3.63) is 104 Å². The predicted octanol–water partition coefficient (Wildman–Crippen LogP) is 3.52. The summed E-state index contributed by atoms with van der Waals surface area (Å²) >= 11 is 3.10. The highest BCUT2D eigenvalue weighted by Gasteiger charge is 2.40. The van der Waals surface area contributed by atoms with Crippen molar-refractivity contribution < 1.29 is 33.0 Å². The molecule has 1 unspecified atom stereocenters. The number of halogens is 1. The fourth-order valence-electron chi connectivity index (χ4n) is 4.28. The molecular formula is C28H31BrN3O9P. The van der Waals surface area contributed by atoms with Crippen LogP contribution in [0.4, 0.5) is 0 Å².